The van der Waals surface area contributed by atoms with Gasteiger partial charge in [-0.1, -0.05) is 35.5 Å². The van der Waals surface area contributed by atoms with E-state index in [0.29, 0.717) is 23.0 Å². The van der Waals surface area contributed by atoms with Crippen molar-refractivity contribution >= 4 is 28.4 Å². The van der Waals surface area contributed by atoms with Crippen LogP contribution in [0.15, 0.2) is 57.7 Å². The molecule has 0 aliphatic carbocycles. The van der Waals surface area contributed by atoms with Crippen molar-refractivity contribution in [3.63, 3.8) is 0 Å². The average Bonchev–Trinajstić information content (AvgIpc) is 3.30. The molecule has 4 aromatic rings. The molecule has 4 rings (SSSR count). The van der Waals surface area contributed by atoms with Crippen LogP contribution in [-0.4, -0.2) is 16.4 Å². The lowest BCUT2D eigenvalue weighted by atomic mass is 10.0. The summed E-state index contributed by atoms with van der Waals surface area (Å²) in [5.41, 5.74) is 1.41. The molecule has 0 aliphatic rings. The van der Waals surface area contributed by atoms with Gasteiger partial charge < -0.3 is 9.26 Å². The third-order valence-electron chi connectivity index (χ3n) is 3.64. The minimum Gasteiger partial charge on any atom is -0.485 e. The fraction of sp³-hybridized carbons (Fsp3) is 0.0556. The normalized spacial score (nSPS) is 10.8. The van der Waals surface area contributed by atoms with E-state index in [9.17, 15) is 4.79 Å². The molecular formula is C18H12N2O3S. The number of fused-ring (bicyclic) bond motifs is 1. The maximum Gasteiger partial charge on any atom is 0.258 e. The number of aromatic nitrogens is 2. The van der Waals surface area contributed by atoms with Gasteiger partial charge in [0.1, 0.15) is 5.75 Å². The average molecular weight is 336 g/mol. The van der Waals surface area contributed by atoms with Gasteiger partial charge in [0.2, 0.25) is 5.82 Å². The van der Waals surface area contributed by atoms with Gasteiger partial charge in [0.25, 0.3) is 5.89 Å². The summed E-state index contributed by atoms with van der Waals surface area (Å²) in [6.07, 6.45) is 0.810. The van der Waals surface area contributed by atoms with Gasteiger partial charge in [0.15, 0.2) is 12.9 Å². The highest BCUT2D eigenvalue weighted by molar-refractivity contribution is 7.08. The number of carbonyl (C=O) groups is 1. The molecule has 5 nitrogen and oxygen atoms in total. The Morgan fingerprint density at radius 1 is 1.17 bits per heavy atom. The van der Waals surface area contributed by atoms with Crippen LogP contribution in [0.2, 0.25) is 0 Å². The topological polar surface area (TPSA) is 65.2 Å². The van der Waals surface area contributed by atoms with Crippen LogP contribution in [0, 0.1) is 0 Å². The first-order chi connectivity index (χ1) is 11.8. The summed E-state index contributed by atoms with van der Waals surface area (Å²) < 4.78 is 11.0. The molecule has 0 aliphatic heterocycles. The molecule has 2 heterocycles. The largest absolute Gasteiger partial charge is 0.485 e. The number of rotatable bonds is 5. The Balaban J connectivity index is 1.58. The molecule has 0 spiro atoms. The summed E-state index contributed by atoms with van der Waals surface area (Å²) in [5, 5.41) is 9.64. The van der Waals surface area contributed by atoms with Crippen LogP contribution < -0.4 is 4.74 Å². The van der Waals surface area contributed by atoms with E-state index in [1.807, 2.05) is 47.2 Å². The summed E-state index contributed by atoms with van der Waals surface area (Å²) in [7, 11) is 0. The summed E-state index contributed by atoms with van der Waals surface area (Å²) in [6.45, 7) is 0.132. The number of thiophene rings is 1. The summed E-state index contributed by atoms with van der Waals surface area (Å²) in [6, 6.07) is 13.3. The standard InChI is InChI=1S/C18H12N2O3S/c21-9-15-14-4-2-1-3-12(14)5-6-16(15)22-10-17-19-18(23-20-17)13-7-8-24-11-13/h1-9,11H,10H2. The molecule has 118 valence electrons. The Morgan fingerprint density at radius 3 is 2.92 bits per heavy atom. The number of hydrogen-bond acceptors (Lipinski definition) is 6. The summed E-state index contributed by atoms with van der Waals surface area (Å²) in [4.78, 5) is 15.8. The van der Waals surface area contributed by atoms with Gasteiger partial charge in [-0.25, -0.2) is 0 Å². The second-order valence-corrected chi connectivity index (χ2v) is 5.91. The van der Waals surface area contributed by atoms with Crippen molar-refractivity contribution < 1.29 is 14.1 Å². The molecule has 0 N–H and O–H groups in total. The van der Waals surface area contributed by atoms with Crippen molar-refractivity contribution in [1.82, 2.24) is 10.1 Å². The Hall–Kier alpha value is -2.99. The quantitative estimate of drug-likeness (QED) is 0.507. The number of carbonyl (C=O) groups excluding carboxylic acids is 1. The molecule has 0 fully saturated rings. The van der Waals surface area contributed by atoms with Crippen molar-refractivity contribution in [2.45, 2.75) is 6.61 Å². The molecule has 24 heavy (non-hydrogen) atoms. The number of nitrogens with zero attached hydrogens (tertiary/aromatic N) is 2. The lowest BCUT2D eigenvalue weighted by Crippen LogP contribution is -2.00. The molecule has 2 aromatic carbocycles. The first-order valence-electron chi connectivity index (χ1n) is 7.30. The highest BCUT2D eigenvalue weighted by atomic mass is 32.1. The number of benzene rings is 2. The fourth-order valence-electron chi connectivity index (χ4n) is 2.48. The second-order valence-electron chi connectivity index (χ2n) is 5.13. The van der Waals surface area contributed by atoms with Crippen molar-refractivity contribution in [1.29, 1.82) is 0 Å². The smallest absolute Gasteiger partial charge is 0.258 e. The fourth-order valence-corrected chi connectivity index (χ4v) is 3.11. The van der Waals surface area contributed by atoms with Crippen LogP contribution in [0.25, 0.3) is 22.2 Å². The minimum atomic E-state index is 0.132. The summed E-state index contributed by atoms with van der Waals surface area (Å²) in [5.74, 6) is 1.40. The number of aldehydes is 1. The Kier molecular flexibility index (Phi) is 3.80. The molecule has 6 heteroatoms. The van der Waals surface area contributed by atoms with E-state index < -0.39 is 0 Å². The monoisotopic (exact) mass is 336 g/mol. The van der Waals surface area contributed by atoms with Crippen molar-refractivity contribution in [2.75, 3.05) is 0 Å². The number of hydrogen-bond donors (Lipinski definition) is 0. The molecule has 0 saturated heterocycles. The number of ether oxygens (including phenoxy) is 1. The maximum atomic E-state index is 11.5. The van der Waals surface area contributed by atoms with Crippen LogP contribution in [0.1, 0.15) is 16.2 Å². The maximum absolute atomic E-state index is 11.5. The predicted octanol–water partition coefficient (Wildman–Crippen LogP) is 4.34. The lowest BCUT2D eigenvalue weighted by molar-refractivity contribution is 0.112. The van der Waals surface area contributed by atoms with Crippen LogP contribution in [0.5, 0.6) is 5.75 Å². The highest BCUT2D eigenvalue weighted by Crippen LogP contribution is 2.27. The van der Waals surface area contributed by atoms with Gasteiger partial charge in [-0.2, -0.15) is 16.3 Å². The van der Waals surface area contributed by atoms with E-state index in [1.165, 1.54) is 0 Å². The SMILES string of the molecule is O=Cc1c(OCc2noc(-c3ccsc3)n2)ccc2ccccc12. The third-order valence-corrected chi connectivity index (χ3v) is 4.32. The molecule has 0 amide bonds. The molecular weight excluding hydrogens is 324 g/mol. The second kappa shape index (κ2) is 6.25. The van der Waals surface area contributed by atoms with Crippen molar-refractivity contribution in [2.24, 2.45) is 0 Å². The van der Waals surface area contributed by atoms with Crippen molar-refractivity contribution in [3.05, 3.63) is 64.6 Å². The molecule has 0 radical (unpaired) electrons. The van der Waals surface area contributed by atoms with E-state index in [1.54, 1.807) is 17.4 Å². The lowest BCUT2D eigenvalue weighted by Gasteiger charge is -2.09. The zero-order valence-electron chi connectivity index (χ0n) is 12.5. The van der Waals surface area contributed by atoms with Crippen LogP contribution in [0.3, 0.4) is 0 Å². The Labute approximate surface area is 141 Å². The predicted molar refractivity (Wildman–Crippen MR) is 91.3 cm³/mol. The van der Waals surface area contributed by atoms with E-state index in [0.717, 1.165) is 22.6 Å². The Bertz CT molecular complexity index is 993. The highest BCUT2D eigenvalue weighted by Gasteiger charge is 2.12. The molecule has 0 atom stereocenters. The van der Waals surface area contributed by atoms with E-state index in [4.69, 9.17) is 9.26 Å². The van der Waals surface area contributed by atoms with Gasteiger partial charge in [0, 0.05) is 5.38 Å². The molecule has 0 unspecified atom stereocenters. The van der Waals surface area contributed by atoms with Crippen molar-refractivity contribution in [3.8, 4) is 17.2 Å². The van der Waals surface area contributed by atoms with Gasteiger partial charge in [-0.3, -0.25) is 4.79 Å². The molecule has 2 aromatic heterocycles. The zero-order chi connectivity index (χ0) is 16.4. The summed E-state index contributed by atoms with van der Waals surface area (Å²) >= 11 is 1.56. The molecule has 0 saturated carbocycles. The van der Waals surface area contributed by atoms with E-state index in [2.05, 4.69) is 10.1 Å². The van der Waals surface area contributed by atoms with Crippen LogP contribution in [-0.2, 0) is 6.61 Å². The minimum absolute atomic E-state index is 0.132. The van der Waals surface area contributed by atoms with E-state index in [-0.39, 0.29) is 6.61 Å². The van der Waals surface area contributed by atoms with Crippen LogP contribution >= 0.6 is 11.3 Å². The van der Waals surface area contributed by atoms with Gasteiger partial charge in [-0.15, -0.1) is 0 Å². The van der Waals surface area contributed by atoms with Crippen LogP contribution in [0.4, 0.5) is 0 Å². The zero-order valence-corrected chi connectivity index (χ0v) is 13.3. The van der Waals surface area contributed by atoms with Gasteiger partial charge in [0.05, 0.1) is 11.1 Å². The first-order valence-corrected chi connectivity index (χ1v) is 8.24. The van der Waals surface area contributed by atoms with Gasteiger partial charge >= 0.3 is 0 Å². The first kappa shape index (κ1) is 14.6. The van der Waals surface area contributed by atoms with E-state index >= 15 is 0 Å². The van der Waals surface area contributed by atoms with Gasteiger partial charge in [-0.05, 0) is 28.3 Å². The molecule has 0 bridgehead atoms. The Morgan fingerprint density at radius 2 is 2.08 bits per heavy atom. The third kappa shape index (κ3) is 2.68.